The average molecular weight is 168 g/mol. The number of hydrogen-bond acceptors (Lipinski definition) is 1. The molecular weight excluding hydrogens is 152 g/mol. The molecule has 2 heterocycles. The SMILES string of the molecule is CC12C[C@@H]3CC(C[C@@H](C3)C1)S2. The predicted octanol–water partition coefficient (Wildman–Crippen LogP) is 3.07. The highest BCUT2D eigenvalue weighted by atomic mass is 32.2. The molecule has 2 unspecified atom stereocenters. The van der Waals surface area contributed by atoms with Crippen molar-refractivity contribution in [3.05, 3.63) is 0 Å². The molecule has 2 aliphatic carbocycles. The molecule has 11 heavy (non-hydrogen) atoms. The van der Waals surface area contributed by atoms with Crippen LogP contribution in [-0.2, 0) is 0 Å². The van der Waals surface area contributed by atoms with Gasteiger partial charge in [-0.15, -0.1) is 0 Å². The summed E-state index contributed by atoms with van der Waals surface area (Å²) in [6.07, 6.45) is 7.75. The van der Waals surface area contributed by atoms with Crippen LogP contribution in [0.25, 0.3) is 0 Å². The zero-order valence-corrected chi connectivity index (χ0v) is 7.99. The van der Waals surface area contributed by atoms with Gasteiger partial charge in [-0.3, -0.25) is 0 Å². The van der Waals surface area contributed by atoms with Crippen LogP contribution in [0.4, 0.5) is 0 Å². The van der Waals surface area contributed by atoms with Gasteiger partial charge in [-0.25, -0.2) is 0 Å². The first kappa shape index (κ1) is 6.82. The van der Waals surface area contributed by atoms with Crippen molar-refractivity contribution < 1.29 is 0 Å². The topological polar surface area (TPSA) is 0 Å². The molecule has 0 amide bonds. The lowest BCUT2D eigenvalue weighted by molar-refractivity contribution is 0.148. The first-order chi connectivity index (χ1) is 5.23. The van der Waals surface area contributed by atoms with Gasteiger partial charge in [0.2, 0.25) is 0 Å². The zero-order chi connectivity index (χ0) is 7.47. The predicted molar refractivity (Wildman–Crippen MR) is 49.8 cm³/mol. The average Bonchev–Trinajstić information content (AvgIpc) is 1.79. The first-order valence-corrected chi connectivity index (χ1v) is 5.79. The van der Waals surface area contributed by atoms with E-state index in [0.717, 1.165) is 21.8 Å². The fourth-order valence-corrected chi connectivity index (χ4v) is 5.94. The van der Waals surface area contributed by atoms with E-state index in [-0.39, 0.29) is 0 Å². The molecular formula is C10H16S. The van der Waals surface area contributed by atoms with Crippen molar-refractivity contribution >= 4 is 11.8 Å². The Hall–Kier alpha value is 0.350. The summed E-state index contributed by atoms with van der Waals surface area (Å²) in [4.78, 5) is 0. The van der Waals surface area contributed by atoms with Gasteiger partial charge in [-0.2, -0.15) is 11.8 Å². The molecule has 4 aliphatic rings. The van der Waals surface area contributed by atoms with E-state index < -0.39 is 0 Å². The molecule has 2 saturated heterocycles. The van der Waals surface area contributed by atoms with Crippen molar-refractivity contribution in [3.63, 3.8) is 0 Å². The third-order valence-electron chi connectivity index (χ3n) is 3.75. The molecule has 2 saturated carbocycles. The zero-order valence-electron chi connectivity index (χ0n) is 7.18. The first-order valence-electron chi connectivity index (χ1n) is 4.91. The quantitative estimate of drug-likeness (QED) is 0.535. The van der Waals surface area contributed by atoms with Crippen LogP contribution in [0.3, 0.4) is 0 Å². The highest BCUT2D eigenvalue weighted by Gasteiger charge is 2.48. The molecule has 2 aliphatic heterocycles. The van der Waals surface area contributed by atoms with E-state index in [4.69, 9.17) is 0 Å². The maximum atomic E-state index is 2.50. The van der Waals surface area contributed by atoms with E-state index in [1.807, 2.05) is 0 Å². The third kappa shape index (κ3) is 0.965. The van der Waals surface area contributed by atoms with E-state index in [1.54, 1.807) is 19.3 Å². The van der Waals surface area contributed by atoms with Gasteiger partial charge in [-0.1, -0.05) is 6.92 Å². The van der Waals surface area contributed by atoms with Crippen LogP contribution in [0.2, 0.25) is 0 Å². The summed E-state index contributed by atoms with van der Waals surface area (Å²) >= 11 is 2.31. The Bertz CT molecular complexity index is 150. The Morgan fingerprint density at radius 1 is 1.09 bits per heavy atom. The highest BCUT2D eigenvalue weighted by molar-refractivity contribution is 8.01. The molecule has 4 rings (SSSR count). The minimum atomic E-state index is 0.717. The maximum absolute atomic E-state index is 2.50. The second-order valence-corrected chi connectivity index (χ2v) is 6.93. The minimum absolute atomic E-state index is 0.717. The molecule has 0 radical (unpaired) electrons. The van der Waals surface area contributed by atoms with Crippen molar-refractivity contribution in [1.29, 1.82) is 0 Å². The molecule has 4 fully saturated rings. The second kappa shape index (κ2) is 1.99. The van der Waals surface area contributed by atoms with E-state index in [9.17, 15) is 0 Å². The summed E-state index contributed by atoms with van der Waals surface area (Å²) in [6.45, 7) is 2.50. The van der Waals surface area contributed by atoms with E-state index in [2.05, 4.69) is 18.7 Å². The Morgan fingerprint density at radius 2 is 1.73 bits per heavy atom. The third-order valence-corrected chi connectivity index (χ3v) is 5.37. The Balaban J connectivity index is 1.94. The number of hydrogen-bond donors (Lipinski definition) is 0. The van der Waals surface area contributed by atoms with Crippen LogP contribution in [-0.4, -0.2) is 10.00 Å². The summed E-state index contributed by atoms with van der Waals surface area (Å²) in [6, 6.07) is 0. The second-order valence-electron chi connectivity index (χ2n) is 5.04. The minimum Gasteiger partial charge on any atom is -0.152 e. The Morgan fingerprint density at radius 3 is 2.18 bits per heavy atom. The maximum Gasteiger partial charge on any atom is 0.0140 e. The molecule has 4 atom stereocenters. The van der Waals surface area contributed by atoms with Gasteiger partial charge < -0.3 is 0 Å². The van der Waals surface area contributed by atoms with Gasteiger partial charge in [0.1, 0.15) is 0 Å². The molecule has 0 N–H and O–H groups in total. The van der Waals surface area contributed by atoms with Crippen molar-refractivity contribution in [2.24, 2.45) is 11.8 Å². The smallest absolute Gasteiger partial charge is 0.0140 e. The van der Waals surface area contributed by atoms with Gasteiger partial charge in [0.15, 0.2) is 0 Å². The highest BCUT2D eigenvalue weighted by Crippen LogP contribution is 2.59. The molecule has 0 aromatic heterocycles. The van der Waals surface area contributed by atoms with Crippen LogP contribution in [0.5, 0.6) is 0 Å². The summed E-state index contributed by atoms with van der Waals surface area (Å²) in [5.41, 5.74) is 0. The van der Waals surface area contributed by atoms with Crippen molar-refractivity contribution in [3.8, 4) is 0 Å². The van der Waals surface area contributed by atoms with Gasteiger partial charge >= 0.3 is 0 Å². The molecule has 0 aromatic rings. The lowest BCUT2D eigenvalue weighted by atomic mass is 9.67. The summed E-state index contributed by atoms with van der Waals surface area (Å²) in [5, 5.41) is 1.06. The van der Waals surface area contributed by atoms with Crippen molar-refractivity contribution in [2.45, 2.75) is 49.0 Å². The Labute approximate surface area is 73.1 Å². The summed E-state index contributed by atoms with van der Waals surface area (Å²) in [5.74, 6) is 2.25. The molecule has 4 bridgehead atoms. The largest absolute Gasteiger partial charge is 0.152 e. The molecule has 0 spiro atoms. The van der Waals surface area contributed by atoms with Crippen molar-refractivity contribution in [2.75, 3.05) is 0 Å². The normalized spacial score (nSPS) is 60.3. The van der Waals surface area contributed by atoms with Crippen LogP contribution in [0, 0.1) is 11.8 Å². The lowest BCUT2D eigenvalue weighted by Gasteiger charge is -2.54. The van der Waals surface area contributed by atoms with Gasteiger partial charge in [0, 0.05) is 10.00 Å². The van der Waals surface area contributed by atoms with Crippen LogP contribution in [0.15, 0.2) is 0 Å². The summed E-state index contributed by atoms with van der Waals surface area (Å²) < 4.78 is 0.717. The molecule has 0 nitrogen and oxygen atoms in total. The fraction of sp³-hybridized carbons (Fsp3) is 1.00. The van der Waals surface area contributed by atoms with Gasteiger partial charge in [-0.05, 0) is 43.9 Å². The molecule has 1 heteroatoms. The van der Waals surface area contributed by atoms with E-state index in [1.165, 1.54) is 12.8 Å². The number of thioether (sulfide) groups is 1. The Kier molecular flexibility index (Phi) is 1.23. The fourth-order valence-electron chi connectivity index (χ4n) is 3.74. The summed E-state index contributed by atoms with van der Waals surface area (Å²) in [7, 11) is 0. The van der Waals surface area contributed by atoms with Gasteiger partial charge in [0.05, 0.1) is 0 Å². The van der Waals surface area contributed by atoms with Gasteiger partial charge in [0.25, 0.3) is 0 Å². The monoisotopic (exact) mass is 168 g/mol. The lowest BCUT2D eigenvalue weighted by Crippen LogP contribution is -2.46. The van der Waals surface area contributed by atoms with Crippen LogP contribution < -0.4 is 0 Å². The van der Waals surface area contributed by atoms with E-state index in [0.29, 0.717) is 0 Å². The molecule has 0 aromatic carbocycles. The van der Waals surface area contributed by atoms with E-state index >= 15 is 0 Å². The number of rotatable bonds is 0. The standard InChI is InChI=1S/C10H16S/c1-10-5-7-2-8(6-10)4-9(3-7)11-10/h7-9H,2-6H2,1H3/t7-,8+,9?,10?. The van der Waals surface area contributed by atoms with Crippen LogP contribution in [0.1, 0.15) is 39.0 Å². The van der Waals surface area contributed by atoms with Crippen molar-refractivity contribution in [1.82, 2.24) is 0 Å². The van der Waals surface area contributed by atoms with Crippen LogP contribution >= 0.6 is 11.8 Å². The molecule has 62 valence electrons.